The Morgan fingerprint density at radius 3 is 2.48 bits per heavy atom. The monoisotopic (exact) mass is 294 g/mol. The molecule has 1 aromatic carbocycles. The molecule has 0 saturated carbocycles. The first-order valence-corrected chi connectivity index (χ1v) is 6.81. The number of aliphatic carboxylic acids is 1. The fourth-order valence-corrected chi connectivity index (χ4v) is 1.84. The number of ether oxygens (including phenoxy) is 1. The summed E-state index contributed by atoms with van der Waals surface area (Å²) in [6.07, 6.45) is -0.0666. The molecule has 0 aliphatic carbocycles. The van der Waals surface area contributed by atoms with Gasteiger partial charge in [0.05, 0.1) is 13.0 Å². The van der Waals surface area contributed by atoms with Crippen LogP contribution in [0.2, 0.25) is 0 Å². The van der Waals surface area contributed by atoms with E-state index in [1.54, 1.807) is 7.05 Å². The van der Waals surface area contributed by atoms with Crippen LogP contribution in [-0.4, -0.2) is 48.8 Å². The summed E-state index contributed by atoms with van der Waals surface area (Å²) in [5.41, 5.74) is 2.11. The molecule has 0 atom stereocenters. The number of urea groups is 1. The van der Waals surface area contributed by atoms with Gasteiger partial charge in [-0.05, 0) is 25.0 Å². The van der Waals surface area contributed by atoms with E-state index in [0.29, 0.717) is 13.2 Å². The number of rotatable bonds is 7. The summed E-state index contributed by atoms with van der Waals surface area (Å²) in [4.78, 5) is 23.4. The predicted octanol–water partition coefficient (Wildman–Crippen LogP) is 1.80. The highest BCUT2D eigenvalue weighted by molar-refractivity contribution is 5.74. The van der Waals surface area contributed by atoms with Gasteiger partial charge in [0.1, 0.15) is 12.4 Å². The standard InChI is InChI=1S/C15H22N2O4/c1-11-5-4-6-12(2)14(11)21-10-8-16-15(20)17(3)9-7-13(18)19/h4-6H,7-10H2,1-3H3,(H,16,20)(H,18,19). The number of para-hydroxylation sites is 1. The Hall–Kier alpha value is -2.24. The minimum atomic E-state index is -0.923. The zero-order chi connectivity index (χ0) is 15.8. The van der Waals surface area contributed by atoms with Crippen LogP contribution in [0.25, 0.3) is 0 Å². The SMILES string of the molecule is Cc1cccc(C)c1OCCNC(=O)N(C)CCC(=O)O. The smallest absolute Gasteiger partial charge is 0.317 e. The minimum absolute atomic E-state index is 0.0666. The summed E-state index contributed by atoms with van der Waals surface area (Å²) < 4.78 is 5.67. The Kier molecular flexibility index (Phi) is 6.52. The van der Waals surface area contributed by atoms with Crippen LogP contribution >= 0.6 is 0 Å². The van der Waals surface area contributed by atoms with Gasteiger partial charge in [-0.15, -0.1) is 0 Å². The first kappa shape index (κ1) is 16.8. The number of carboxylic acid groups (broad SMARTS) is 1. The van der Waals surface area contributed by atoms with Crippen LogP contribution in [0.4, 0.5) is 4.79 Å². The maximum Gasteiger partial charge on any atom is 0.317 e. The molecule has 0 aliphatic rings. The molecule has 0 aromatic heterocycles. The summed E-state index contributed by atoms with van der Waals surface area (Å²) in [5, 5.41) is 11.2. The number of carboxylic acids is 1. The van der Waals surface area contributed by atoms with E-state index < -0.39 is 5.97 Å². The average molecular weight is 294 g/mol. The summed E-state index contributed by atoms with van der Waals surface area (Å²) >= 11 is 0. The van der Waals surface area contributed by atoms with Gasteiger partial charge in [-0.25, -0.2) is 4.79 Å². The maximum absolute atomic E-state index is 11.7. The van der Waals surface area contributed by atoms with Gasteiger partial charge >= 0.3 is 12.0 Å². The Morgan fingerprint density at radius 2 is 1.90 bits per heavy atom. The zero-order valence-corrected chi connectivity index (χ0v) is 12.7. The van der Waals surface area contributed by atoms with Gasteiger partial charge in [0.25, 0.3) is 0 Å². The van der Waals surface area contributed by atoms with Crippen LogP contribution in [0.1, 0.15) is 17.5 Å². The molecule has 0 bridgehead atoms. The molecule has 6 nitrogen and oxygen atoms in total. The third-order valence-corrected chi connectivity index (χ3v) is 3.04. The number of nitrogens with zero attached hydrogens (tertiary/aromatic N) is 1. The third-order valence-electron chi connectivity index (χ3n) is 3.04. The first-order chi connectivity index (χ1) is 9.91. The van der Waals surface area contributed by atoms with Crippen LogP contribution < -0.4 is 10.1 Å². The molecule has 0 aliphatic heterocycles. The predicted molar refractivity (Wildman–Crippen MR) is 79.7 cm³/mol. The van der Waals surface area contributed by atoms with E-state index >= 15 is 0 Å². The van der Waals surface area contributed by atoms with Gasteiger partial charge in [0.15, 0.2) is 0 Å². The highest BCUT2D eigenvalue weighted by Gasteiger charge is 2.09. The summed E-state index contributed by atoms with van der Waals surface area (Å²) in [5.74, 6) is -0.0843. The molecule has 0 fully saturated rings. The van der Waals surface area contributed by atoms with Crippen molar-refractivity contribution in [3.8, 4) is 5.75 Å². The second-order valence-electron chi connectivity index (χ2n) is 4.87. The molecule has 0 spiro atoms. The van der Waals surface area contributed by atoms with Gasteiger partial charge < -0.3 is 20.1 Å². The molecule has 2 amide bonds. The number of nitrogens with one attached hydrogen (secondary N) is 1. The fourth-order valence-electron chi connectivity index (χ4n) is 1.84. The van der Waals surface area contributed by atoms with E-state index in [1.807, 2.05) is 32.0 Å². The number of hydrogen-bond donors (Lipinski definition) is 2. The number of hydrogen-bond acceptors (Lipinski definition) is 3. The second kappa shape index (κ2) is 8.14. The van der Waals surface area contributed by atoms with E-state index in [9.17, 15) is 9.59 Å². The van der Waals surface area contributed by atoms with Crippen molar-refractivity contribution in [2.75, 3.05) is 26.7 Å². The highest BCUT2D eigenvalue weighted by atomic mass is 16.5. The lowest BCUT2D eigenvalue weighted by Crippen LogP contribution is -2.40. The third kappa shape index (κ3) is 5.72. The molecule has 116 valence electrons. The Morgan fingerprint density at radius 1 is 1.29 bits per heavy atom. The van der Waals surface area contributed by atoms with Crippen molar-refractivity contribution >= 4 is 12.0 Å². The number of aryl methyl sites for hydroxylation is 2. The fraction of sp³-hybridized carbons (Fsp3) is 0.467. The topological polar surface area (TPSA) is 78.9 Å². The van der Waals surface area contributed by atoms with Gasteiger partial charge in [-0.1, -0.05) is 18.2 Å². The Bertz CT molecular complexity index is 482. The molecule has 0 unspecified atom stereocenters. The summed E-state index contributed by atoms with van der Waals surface area (Å²) in [7, 11) is 1.56. The van der Waals surface area contributed by atoms with Crippen LogP contribution in [0.3, 0.4) is 0 Å². The van der Waals surface area contributed by atoms with E-state index in [-0.39, 0.29) is 19.0 Å². The van der Waals surface area contributed by atoms with Crippen LogP contribution in [0.15, 0.2) is 18.2 Å². The van der Waals surface area contributed by atoms with E-state index in [4.69, 9.17) is 9.84 Å². The van der Waals surface area contributed by atoms with E-state index in [2.05, 4.69) is 5.32 Å². The van der Waals surface area contributed by atoms with Gasteiger partial charge in [0.2, 0.25) is 0 Å². The average Bonchev–Trinajstić information content (AvgIpc) is 2.43. The van der Waals surface area contributed by atoms with Crippen LogP contribution in [0.5, 0.6) is 5.75 Å². The lowest BCUT2D eigenvalue weighted by Gasteiger charge is -2.17. The lowest BCUT2D eigenvalue weighted by atomic mass is 10.1. The molecule has 0 radical (unpaired) electrons. The number of benzene rings is 1. The van der Waals surface area contributed by atoms with Crippen LogP contribution in [-0.2, 0) is 4.79 Å². The van der Waals surface area contributed by atoms with Crippen LogP contribution in [0, 0.1) is 13.8 Å². The van der Waals surface area contributed by atoms with Gasteiger partial charge in [-0.3, -0.25) is 4.79 Å². The van der Waals surface area contributed by atoms with Crippen molar-refractivity contribution in [1.29, 1.82) is 0 Å². The van der Waals surface area contributed by atoms with E-state index in [0.717, 1.165) is 16.9 Å². The normalized spacial score (nSPS) is 10.0. The summed E-state index contributed by atoms with van der Waals surface area (Å²) in [6.45, 7) is 4.86. The molecule has 1 aromatic rings. The molecule has 6 heteroatoms. The van der Waals surface area contributed by atoms with Crippen molar-refractivity contribution in [3.05, 3.63) is 29.3 Å². The molecule has 2 N–H and O–H groups in total. The van der Waals surface area contributed by atoms with E-state index in [1.165, 1.54) is 4.90 Å². The molecular formula is C15H22N2O4. The molecule has 0 saturated heterocycles. The Labute approximate surface area is 124 Å². The van der Waals surface area contributed by atoms with Crippen molar-refractivity contribution < 1.29 is 19.4 Å². The highest BCUT2D eigenvalue weighted by Crippen LogP contribution is 2.21. The largest absolute Gasteiger partial charge is 0.491 e. The number of carbonyl (C=O) groups excluding carboxylic acids is 1. The van der Waals surface area contributed by atoms with Crippen molar-refractivity contribution in [3.63, 3.8) is 0 Å². The lowest BCUT2D eigenvalue weighted by molar-refractivity contribution is -0.137. The number of amides is 2. The van der Waals surface area contributed by atoms with Crippen molar-refractivity contribution in [1.82, 2.24) is 10.2 Å². The molecular weight excluding hydrogens is 272 g/mol. The summed E-state index contributed by atoms with van der Waals surface area (Å²) in [6, 6.07) is 5.61. The second-order valence-corrected chi connectivity index (χ2v) is 4.87. The molecule has 0 heterocycles. The maximum atomic E-state index is 11.7. The number of carbonyl (C=O) groups is 2. The van der Waals surface area contributed by atoms with Gasteiger partial charge in [-0.2, -0.15) is 0 Å². The minimum Gasteiger partial charge on any atom is -0.491 e. The van der Waals surface area contributed by atoms with Gasteiger partial charge in [0, 0.05) is 13.6 Å². The molecule has 1 rings (SSSR count). The quantitative estimate of drug-likeness (QED) is 0.752. The van der Waals surface area contributed by atoms with Crippen molar-refractivity contribution in [2.45, 2.75) is 20.3 Å². The zero-order valence-electron chi connectivity index (χ0n) is 12.7. The Balaban J connectivity index is 2.30. The molecule has 21 heavy (non-hydrogen) atoms. The van der Waals surface area contributed by atoms with Crippen molar-refractivity contribution in [2.24, 2.45) is 0 Å². The first-order valence-electron chi connectivity index (χ1n) is 6.81.